The molecule has 0 saturated heterocycles. The summed E-state index contributed by atoms with van der Waals surface area (Å²) in [6.07, 6.45) is 1.64. The van der Waals surface area contributed by atoms with E-state index in [1.807, 2.05) is 25.1 Å². The predicted octanol–water partition coefficient (Wildman–Crippen LogP) is 2.51. The normalized spacial score (nSPS) is 10.9. The Bertz CT molecular complexity index is 709. The zero-order chi connectivity index (χ0) is 18.8. The number of hydrogen-bond donors (Lipinski definition) is 3. The first-order chi connectivity index (χ1) is 12.7. The van der Waals surface area contributed by atoms with Gasteiger partial charge in [-0.15, -0.1) is 24.0 Å². The molecule has 148 valence electrons. The van der Waals surface area contributed by atoms with E-state index in [1.165, 1.54) is 0 Å². The molecule has 0 aliphatic rings. The van der Waals surface area contributed by atoms with E-state index in [1.54, 1.807) is 19.2 Å². The van der Waals surface area contributed by atoms with Gasteiger partial charge < -0.3 is 20.5 Å². The van der Waals surface area contributed by atoms with Gasteiger partial charge >= 0.3 is 0 Å². The molecular formula is C19H28IN5O2. The van der Waals surface area contributed by atoms with Gasteiger partial charge in [0.2, 0.25) is 0 Å². The number of carbonyl (C=O) groups is 1. The molecule has 0 atom stereocenters. The molecule has 0 aliphatic heterocycles. The standard InChI is InChI=1S/C19H27N5O2.HI/c1-4-16-15(17(5-2)26-24-16)13-23-19(20-3)22-12-11-21-18(25)14-9-7-6-8-10-14;/h6-10H,4-5,11-13H2,1-3H3,(H,21,25)(H2,20,22,23);1H. The van der Waals surface area contributed by atoms with Crippen molar-refractivity contribution in [1.29, 1.82) is 0 Å². The topological polar surface area (TPSA) is 91.6 Å². The lowest BCUT2D eigenvalue weighted by Gasteiger charge is -2.12. The minimum absolute atomic E-state index is 0. The third-order valence-electron chi connectivity index (χ3n) is 4.00. The number of hydrogen-bond acceptors (Lipinski definition) is 4. The molecule has 0 unspecified atom stereocenters. The average Bonchev–Trinajstić information content (AvgIpc) is 3.09. The molecule has 3 N–H and O–H groups in total. The lowest BCUT2D eigenvalue weighted by atomic mass is 10.1. The molecule has 0 radical (unpaired) electrons. The summed E-state index contributed by atoms with van der Waals surface area (Å²) in [4.78, 5) is 16.2. The number of aryl methyl sites for hydroxylation is 2. The quantitative estimate of drug-likeness (QED) is 0.231. The molecule has 1 heterocycles. The number of carbonyl (C=O) groups excluding carboxylic acids is 1. The molecule has 2 aromatic rings. The van der Waals surface area contributed by atoms with E-state index < -0.39 is 0 Å². The SMILES string of the molecule is CCc1noc(CC)c1CNC(=NC)NCCNC(=O)c1ccccc1.I. The van der Waals surface area contributed by atoms with Crippen LogP contribution in [0.15, 0.2) is 39.8 Å². The Labute approximate surface area is 177 Å². The first-order valence-electron chi connectivity index (χ1n) is 8.93. The molecule has 0 saturated carbocycles. The summed E-state index contributed by atoms with van der Waals surface area (Å²) in [6, 6.07) is 9.16. The van der Waals surface area contributed by atoms with Crippen LogP contribution in [-0.2, 0) is 19.4 Å². The first kappa shape index (κ1) is 22.9. The number of rotatable bonds is 8. The molecule has 0 fully saturated rings. The number of aliphatic imine (C=N–C) groups is 1. The lowest BCUT2D eigenvalue weighted by Crippen LogP contribution is -2.41. The number of nitrogens with one attached hydrogen (secondary N) is 3. The first-order valence-corrected chi connectivity index (χ1v) is 8.93. The van der Waals surface area contributed by atoms with Crippen LogP contribution in [0.1, 0.15) is 41.2 Å². The molecular weight excluding hydrogens is 457 g/mol. The van der Waals surface area contributed by atoms with Gasteiger partial charge in [0, 0.05) is 44.2 Å². The van der Waals surface area contributed by atoms with Gasteiger partial charge in [-0.3, -0.25) is 9.79 Å². The van der Waals surface area contributed by atoms with Crippen molar-refractivity contribution in [3.63, 3.8) is 0 Å². The number of amides is 1. The van der Waals surface area contributed by atoms with Crippen molar-refractivity contribution in [1.82, 2.24) is 21.1 Å². The van der Waals surface area contributed by atoms with Gasteiger partial charge in [-0.05, 0) is 18.6 Å². The summed E-state index contributed by atoms with van der Waals surface area (Å²) in [5.41, 5.74) is 2.72. The van der Waals surface area contributed by atoms with Crippen LogP contribution >= 0.6 is 24.0 Å². The minimum atomic E-state index is -0.0833. The van der Waals surface area contributed by atoms with Crippen molar-refractivity contribution in [2.75, 3.05) is 20.1 Å². The van der Waals surface area contributed by atoms with Crippen LogP contribution in [0.3, 0.4) is 0 Å². The monoisotopic (exact) mass is 485 g/mol. The molecule has 0 bridgehead atoms. The van der Waals surface area contributed by atoms with Gasteiger partial charge in [0.15, 0.2) is 5.96 Å². The zero-order valence-electron chi connectivity index (χ0n) is 16.0. The Morgan fingerprint density at radius 2 is 1.78 bits per heavy atom. The summed E-state index contributed by atoms with van der Waals surface area (Å²) < 4.78 is 5.37. The van der Waals surface area contributed by atoms with Crippen LogP contribution < -0.4 is 16.0 Å². The van der Waals surface area contributed by atoms with Crippen LogP contribution in [0, 0.1) is 0 Å². The van der Waals surface area contributed by atoms with E-state index in [0.717, 1.165) is 29.9 Å². The van der Waals surface area contributed by atoms with E-state index >= 15 is 0 Å². The van der Waals surface area contributed by atoms with Crippen molar-refractivity contribution >= 4 is 35.8 Å². The van der Waals surface area contributed by atoms with Gasteiger partial charge in [-0.2, -0.15) is 0 Å². The number of benzene rings is 1. The Morgan fingerprint density at radius 1 is 1.07 bits per heavy atom. The summed E-state index contributed by atoms with van der Waals surface area (Å²) in [7, 11) is 1.72. The maximum absolute atomic E-state index is 12.0. The largest absolute Gasteiger partial charge is 0.361 e. The van der Waals surface area contributed by atoms with Gasteiger partial charge in [-0.1, -0.05) is 37.2 Å². The lowest BCUT2D eigenvalue weighted by molar-refractivity contribution is 0.0954. The van der Waals surface area contributed by atoms with Gasteiger partial charge in [0.05, 0.1) is 5.69 Å². The highest BCUT2D eigenvalue weighted by Crippen LogP contribution is 2.15. The Kier molecular flexibility index (Phi) is 10.5. The van der Waals surface area contributed by atoms with Crippen molar-refractivity contribution < 1.29 is 9.32 Å². The van der Waals surface area contributed by atoms with Crippen molar-refractivity contribution in [3.8, 4) is 0 Å². The van der Waals surface area contributed by atoms with Gasteiger partial charge in [0.1, 0.15) is 5.76 Å². The minimum Gasteiger partial charge on any atom is -0.361 e. The fraction of sp³-hybridized carbons (Fsp3) is 0.421. The number of nitrogens with zero attached hydrogens (tertiary/aromatic N) is 2. The summed E-state index contributed by atoms with van der Waals surface area (Å²) in [5, 5.41) is 13.4. The molecule has 1 aromatic carbocycles. The smallest absolute Gasteiger partial charge is 0.251 e. The molecule has 27 heavy (non-hydrogen) atoms. The number of guanidine groups is 1. The molecule has 2 rings (SSSR count). The number of aromatic nitrogens is 1. The molecule has 1 amide bonds. The summed E-state index contributed by atoms with van der Waals surface area (Å²) in [5.74, 6) is 1.49. The molecule has 0 spiro atoms. The third-order valence-corrected chi connectivity index (χ3v) is 4.00. The highest BCUT2D eigenvalue weighted by Gasteiger charge is 2.13. The van der Waals surface area contributed by atoms with Gasteiger partial charge in [0.25, 0.3) is 5.91 Å². The summed E-state index contributed by atoms with van der Waals surface area (Å²) >= 11 is 0. The van der Waals surface area contributed by atoms with Gasteiger partial charge in [-0.25, -0.2) is 0 Å². The predicted molar refractivity (Wildman–Crippen MR) is 118 cm³/mol. The maximum Gasteiger partial charge on any atom is 0.251 e. The Morgan fingerprint density at radius 3 is 2.41 bits per heavy atom. The summed E-state index contributed by atoms with van der Waals surface area (Å²) in [6.45, 7) is 5.78. The van der Waals surface area contributed by atoms with Crippen molar-refractivity contribution in [2.24, 2.45) is 4.99 Å². The molecule has 7 nitrogen and oxygen atoms in total. The fourth-order valence-corrected chi connectivity index (χ4v) is 2.58. The Balaban J connectivity index is 0.00000364. The fourth-order valence-electron chi connectivity index (χ4n) is 2.58. The highest BCUT2D eigenvalue weighted by atomic mass is 127. The van der Waals surface area contributed by atoms with Crippen LogP contribution in [0.5, 0.6) is 0 Å². The van der Waals surface area contributed by atoms with Crippen LogP contribution in [0.25, 0.3) is 0 Å². The van der Waals surface area contributed by atoms with Crippen molar-refractivity contribution in [2.45, 2.75) is 33.2 Å². The Hall–Kier alpha value is -2.10. The van der Waals surface area contributed by atoms with E-state index in [9.17, 15) is 4.79 Å². The van der Waals surface area contributed by atoms with E-state index in [-0.39, 0.29) is 29.9 Å². The third kappa shape index (κ3) is 6.85. The molecule has 8 heteroatoms. The van der Waals surface area contributed by atoms with Crippen LogP contribution in [0.2, 0.25) is 0 Å². The molecule has 0 aliphatic carbocycles. The van der Waals surface area contributed by atoms with E-state index in [2.05, 4.69) is 33.0 Å². The second-order valence-corrected chi connectivity index (χ2v) is 5.71. The average molecular weight is 485 g/mol. The second kappa shape index (κ2) is 12.3. The highest BCUT2D eigenvalue weighted by molar-refractivity contribution is 14.0. The van der Waals surface area contributed by atoms with Crippen molar-refractivity contribution in [3.05, 3.63) is 52.9 Å². The van der Waals surface area contributed by atoms with E-state index in [0.29, 0.717) is 31.2 Å². The second-order valence-electron chi connectivity index (χ2n) is 5.71. The maximum atomic E-state index is 12.0. The van der Waals surface area contributed by atoms with Crippen LogP contribution in [0.4, 0.5) is 0 Å². The number of halogens is 1. The molecule has 1 aromatic heterocycles. The van der Waals surface area contributed by atoms with E-state index in [4.69, 9.17) is 4.52 Å². The van der Waals surface area contributed by atoms with Crippen LogP contribution in [-0.4, -0.2) is 37.2 Å². The zero-order valence-corrected chi connectivity index (χ0v) is 18.4.